The first kappa shape index (κ1) is 27.3. The van der Waals surface area contributed by atoms with Crippen molar-refractivity contribution >= 4 is 44.8 Å². The van der Waals surface area contributed by atoms with Crippen molar-refractivity contribution in [3.05, 3.63) is 76.4 Å². The largest absolute Gasteiger partial charge is 0.379 e. The molecule has 0 aliphatic rings. The van der Waals surface area contributed by atoms with Gasteiger partial charge in [0.05, 0.1) is 5.02 Å². The van der Waals surface area contributed by atoms with E-state index in [0.29, 0.717) is 0 Å². The Balaban J connectivity index is 1.70. The summed E-state index contributed by atoms with van der Waals surface area (Å²) in [4.78, 5) is 4.72. The first-order valence-corrected chi connectivity index (χ1v) is 14.1. The minimum atomic E-state index is -4.17. The van der Waals surface area contributed by atoms with Crippen LogP contribution >= 0.6 is 23.2 Å². The molecule has 6 nitrogen and oxygen atoms in total. The van der Waals surface area contributed by atoms with E-state index >= 15 is 0 Å². The zero-order valence-electron chi connectivity index (χ0n) is 21.8. The Bertz CT molecular complexity index is 1550. The Morgan fingerprint density at radius 3 is 2.30 bits per heavy atom. The molecule has 0 aliphatic carbocycles. The van der Waals surface area contributed by atoms with Crippen LogP contribution in [-0.4, -0.2) is 23.3 Å². The van der Waals surface area contributed by atoms with Crippen molar-refractivity contribution in [2.45, 2.75) is 58.4 Å². The van der Waals surface area contributed by atoms with E-state index in [1.807, 2.05) is 29.7 Å². The number of hydrogen-bond donors (Lipinski definition) is 1. The molecule has 2 aromatic carbocycles. The van der Waals surface area contributed by atoms with Crippen molar-refractivity contribution in [2.75, 3.05) is 5.32 Å². The van der Waals surface area contributed by atoms with Crippen LogP contribution in [0.1, 0.15) is 46.6 Å². The molecular weight excluding hydrogens is 529 g/mol. The number of fused-ring (bicyclic) bond motifs is 1. The molecule has 0 bridgehead atoms. The Hall–Kier alpha value is -2.74. The lowest BCUT2D eigenvalue weighted by atomic mass is 9.82. The summed E-state index contributed by atoms with van der Waals surface area (Å²) in [6, 6.07) is 15.1. The number of nitrogens with one attached hydrogen (secondary N) is 1. The lowest BCUT2D eigenvalue weighted by molar-refractivity contribution is 0.302. The number of halogens is 2. The van der Waals surface area contributed by atoms with E-state index in [-0.39, 0.29) is 31.6 Å². The maximum atomic E-state index is 12.8. The van der Waals surface area contributed by atoms with Gasteiger partial charge in [-0.15, -0.1) is 0 Å². The summed E-state index contributed by atoms with van der Waals surface area (Å²) in [7, 11) is -4.17. The normalized spacial score (nSPS) is 12.6. The van der Waals surface area contributed by atoms with Gasteiger partial charge in [-0.1, -0.05) is 44.0 Å². The SMILES string of the molecule is Cc1ccn2c(NC(C)(C)CC(C)(C)C)c(-c3ccc(OS(=O)(=O)c4cc(Cl)ccc4Cl)cc3)nc2c1. The van der Waals surface area contributed by atoms with Gasteiger partial charge in [-0.3, -0.25) is 4.40 Å². The highest BCUT2D eigenvalue weighted by atomic mass is 35.5. The molecule has 0 saturated heterocycles. The molecule has 0 saturated carbocycles. The predicted molar refractivity (Wildman–Crippen MR) is 151 cm³/mol. The van der Waals surface area contributed by atoms with Gasteiger partial charge in [-0.05, 0) is 92.8 Å². The number of benzene rings is 2. The van der Waals surface area contributed by atoms with E-state index in [1.54, 1.807) is 24.3 Å². The minimum absolute atomic E-state index is 0.0367. The fourth-order valence-corrected chi connectivity index (χ4v) is 6.34. The molecule has 0 radical (unpaired) electrons. The molecule has 4 rings (SSSR count). The first-order chi connectivity index (χ1) is 17.1. The molecule has 0 spiro atoms. The molecule has 0 amide bonds. The second-order valence-electron chi connectivity index (χ2n) is 11.1. The van der Waals surface area contributed by atoms with Crippen molar-refractivity contribution in [1.29, 1.82) is 0 Å². The average Bonchev–Trinajstić information content (AvgIpc) is 3.10. The van der Waals surface area contributed by atoms with Crippen LogP contribution in [0.5, 0.6) is 5.75 Å². The van der Waals surface area contributed by atoms with Crippen LogP contribution in [0.3, 0.4) is 0 Å². The average molecular weight is 561 g/mol. The van der Waals surface area contributed by atoms with Gasteiger partial charge in [0.15, 0.2) is 0 Å². The molecule has 0 atom stereocenters. The van der Waals surface area contributed by atoms with Crippen molar-refractivity contribution in [1.82, 2.24) is 9.38 Å². The van der Waals surface area contributed by atoms with Crippen LogP contribution in [0.2, 0.25) is 10.0 Å². The quantitative estimate of drug-likeness (QED) is 0.232. The van der Waals surface area contributed by atoms with Crippen molar-refractivity contribution < 1.29 is 12.6 Å². The summed E-state index contributed by atoms with van der Waals surface area (Å²) in [6.45, 7) is 13.1. The number of anilines is 1. The summed E-state index contributed by atoms with van der Waals surface area (Å²) in [6.07, 6.45) is 2.95. The number of aryl methyl sites for hydroxylation is 1. The zero-order chi connectivity index (χ0) is 27.2. The van der Waals surface area contributed by atoms with Crippen LogP contribution in [-0.2, 0) is 10.1 Å². The van der Waals surface area contributed by atoms with Gasteiger partial charge in [0.1, 0.15) is 27.8 Å². The van der Waals surface area contributed by atoms with Crippen LogP contribution in [0.15, 0.2) is 65.7 Å². The van der Waals surface area contributed by atoms with Crippen LogP contribution in [0.25, 0.3) is 16.9 Å². The lowest BCUT2D eigenvalue weighted by Crippen LogP contribution is -2.36. The maximum absolute atomic E-state index is 12.8. The Kier molecular flexibility index (Phi) is 7.27. The number of nitrogens with zero attached hydrogens (tertiary/aromatic N) is 2. The minimum Gasteiger partial charge on any atom is -0.379 e. The van der Waals surface area contributed by atoms with E-state index in [2.05, 4.69) is 39.9 Å². The van der Waals surface area contributed by atoms with Crippen molar-refractivity contribution in [3.8, 4) is 17.0 Å². The van der Waals surface area contributed by atoms with Crippen LogP contribution < -0.4 is 9.50 Å². The third kappa shape index (κ3) is 6.40. The highest BCUT2D eigenvalue weighted by molar-refractivity contribution is 7.87. The standard InChI is InChI=1S/C28H31Cl2N3O3S/c1-18-13-14-33-24(15-18)31-25(26(33)32-28(5,6)17-27(2,3)4)19-7-10-21(11-8-19)36-37(34,35)23-16-20(29)9-12-22(23)30/h7-16,32H,17H2,1-6H3. The van der Waals surface area contributed by atoms with Gasteiger partial charge >= 0.3 is 10.1 Å². The Morgan fingerprint density at radius 1 is 0.973 bits per heavy atom. The molecule has 1 N–H and O–H groups in total. The molecule has 2 heterocycles. The highest BCUT2D eigenvalue weighted by Gasteiger charge is 2.28. The molecule has 9 heteroatoms. The topological polar surface area (TPSA) is 72.7 Å². The van der Waals surface area contributed by atoms with Gasteiger partial charge in [-0.25, -0.2) is 4.98 Å². The van der Waals surface area contributed by atoms with E-state index in [9.17, 15) is 8.42 Å². The van der Waals surface area contributed by atoms with Crippen LogP contribution in [0.4, 0.5) is 5.82 Å². The van der Waals surface area contributed by atoms with Gasteiger partial charge in [0, 0.05) is 22.3 Å². The van der Waals surface area contributed by atoms with E-state index in [0.717, 1.165) is 34.7 Å². The number of hydrogen-bond acceptors (Lipinski definition) is 5. The molecular formula is C28H31Cl2N3O3S. The van der Waals surface area contributed by atoms with E-state index < -0.39 is 10.1 Å². The number of rotatable bonds is 7. The third-order valence-electron chi connectivity index (χ3n) is 5.71. The van der Waals surface area contributed by atoms with E-state index in [1.165, 1.54) is 18.2 Å². The second kappa shape index (κ2) is 9.86. The van der Waals surface area contributed by atoms with Gasteiger partial charge in [-0.2, -0.15) is 8.42 Å². The summed E-state index contributed by atoms with van der Waals surface area (Å²) >= 11 is 12.0. The summed E-state index contributed by atoms with van der Waals surface area (Å²) in [5.41, 5.74) is 3.44. The van der Waals surface area contributed by atoms with Gasteiger partial charge in [0.25, 0.3) is 0 Å². The molecule has 37 heavy (non-hydrogen) atoms. The summed E-state index contributed by atoms with van der Waals surface area (Å²) in [5, 5.41) is 4.00. The Labute approximate surface area is 228 Å². The number of aromatic nitrogens is 2. The fraction of sp³-hybridized carbons (Fsp3) is 0.321. The lowest BCUT2D eigenvalue weighted by Gasteiger charge is -2.34. The highest BCUT2D eigenvalue weighted by Crippen LogP contribution is 2.36. The summed E-state index contributed by atoms with van der Waals surface area (Å²) < 4.78 is 33.0. The monoisotopic (exact) mass is 559 g/mol. The zero-order valence-corrected chi connectivity index (χ0v) is 24.1. The maximum Gasteiger partial charge on any atom is 0.340 e. The summed E-state index contributed by atoms with van der Waals surface area (Å²) in [5.74, 6) is 1.03. The van der Waals surface area contributed by atoms with Crippen molar-refractivity contribution in [2.24, 2.45) is 5.41 Å². The smallest absolute Gasteiger partial charge is 0.340 e. The third-order valence-corrected chi connectivity index (χ3v) is 7.67. The fourth-order valence-electron chi connectivity index (χ4n) is 4.67. The predicted octanol–water partition coefficient (Wildman–Crippen LogP) is 8.01. The first-order valence-electron chi connectivity index (χ1n) is 11.9. The number of imidazole rings is 1. The molecule has 4 aromatic rings. The molecule has 2 aromatic heterocycles. The van der Waals surface area contributed by atoms with Gasteiger partial charge in [0.2, 0.25) is 0 Å². The van der Waals surface area contributed by atoms with Gasteiger partial charge < -0.3 is 9.50 Å². The number of pyridine rings is 1. The molecule has 0 aliphatic heterocycles. The van der Waals surface area contributed by atoms with Crippen LogP contribution in [0, 0.1) is 12.3 Å². The second-order valence-corrected chi connectivity index (χ2v) is 13.5. The molecule has 0 fully saturated rings. The molecule has 196 valence electrons. The Morgan fingerprint density at radius 2 is 1.65 bits per heavy atom. The van der Waals surface area contributed by atoms with Crippen molar-refractivity contribution in [3.63, 3.8) is 0 Å². The molecule has 0 unspecified atom stereocenters. The van der Waals surface area contributed by atoms with E-state index in [4.69, 9.17) is 32.4 Å².